The van der Waals surface area contributed by atoms with Crippen LogP contribution in [0.2, 0.25) is 0 Å². The van der Waals surface area contributed by atoms with Gasteiger partial charge in [-0.2, -0.15) is 0 Å². The molecule has 0 unspecified atom stereocenters. The summed E-state index contributed by atoms with van der Waals surface area (Å²) in [6.07, 6.45) is 2.74. The Hall–Kier alpha value is -2.88. The van der Waals surface area contributed by atoms with E-state index in [2.05, 4.69) is 18.3 Å². The number of ketones is 1. The van der Waals surface area contributed by atoms with Gasteiger partial charge in [0.25, 0.3) is 5.56 Å². The smallest absolute Gasteiger partial charge is 0.259 e. The van der Waals surface area contributed by atoms with Crippen LogP contribution in [0.15, 0.2) is 41.3 Å². The van der Waals surface area contributed by atoms with Crippen LogP contribution in [0.5, 0.6) is 0 Å². The molecule has 0 radical (unpaired) electrons. The van der Waals surface area contributed by atoms with Gasteiger partial charge in [0.1, 0.15) is 0 Å². The van der Waals surface area contributed by atoms with E-state index in [0.717, 1.165) is 40.7 Å². The zero-order chi connectivity index (χ0) is 19.3. The molecular weight excluding hydrogens is 336 g/mol. The van der Waals surface area contributed by atoms with Crippen molar-refractivity contribution >= 4 is 22.2 Å². The number of hydrogen-bond acceptors (Lipinski definition) is 3. The molecule has 4 nitrogen and oxygen atoms in total. The van der Waals surface area contributed by atoms with Gasteiger partial charge in [-0.25, -0.2) is 0 Å². The van der Waals surface area contributed by atoms with E-state index in [4.69, 9.17) is 0 Å². The van der Waals surface area contributed by atoms with E-state index in [1.807, 2.05) is 45.0 Å². The lowest BCUT2D eigenvalue weighted by Gasteiger charge is -2.24. The Labute approximate surface area is 158 Å². The van der Waals surface area contributed by atoms with E-state index in [-0.39, 0.29) is 17.4 Å². The molecule has 1 heterocycles. The van der Waals surface area contributed by atoms with Gasteiger partial charge in [0, 0.05) is 41.0 Å². The van der Waals surface area contributed by atoms with E-state index >= 15 is 0 Å². The zero-order valence-electron chi connectivity index (χ0n) is 16.2. The number of pyridine rings is 1. The first-order valence-corrected chi connectivity index (χ1v) is 9.56. The molecule has 1 aliphatic rings. The van der Waals surface area contributed by atoms with Gasteiger partial charge in [-0.3, -0.25) is 9.59 Å². The lowest BCUT2D eigenvalue weighted by atomic mass is 9.82. The molecular formula is C23H24N2O2. The lowest BCUT2D eigenvalue weighted by molar-refractivity contribution is 0.103. The minimum Gasteiger partial charge on any atom is -0.385 e. The van der Waals surface area contributed by atoms with Gasteiger partial charge in [-0.05, 0) is 49.9 Å². The van der Waals surface area contributed by atoms with Gasteiger partial charge in [-0.15, -0.1) is 0 Å². The highest BCUT2D eigenvalue weighted by Crippen LogP contribution is 2.42. The largest absolute Gasteiger partial charge is 0.385 e. The van der Waals surface area contributed by atoms with Crippen molar-refractivity contribution < 1.29 is 4.79 Å². The molecule has 0 aliphatic heterocycles. The Bertz CT molecular complexity index is 1140. The standard InChI is InChI=1S/C23H24N2O2/c1-5-10-24-19-11-17-15-8-6-7-9-16(15)22(26)18-12-25(13(2)3)23(27)20(14(19)4)21(17)18/h6-9,11-13,24H,5,10H2,1-4H3. The summed E-state index contributed by atoms with van der Waals surface area (Å²) in [5.41, 5.74) is 5.04. The minimum atomic E-state index is -0.0326. The fourth-order valence-electron chi connectivity index (χ4n) is 3.99. The average molecular weight is 360 g/mol. The number of carbonyl (C=O) groups excluding carboxylic acids is 1. The third-order valence-corrected chi connectivity index (χ3v) is 5.40. The molecule has 2 aromatic carbocycles. The Balaban J connectivity index is 2.20. The van der Waals surface area contributed by atoms with Gasteiger partial charge < -0.3 is 9.88 Å². The van der Waals surface area contributed by atoms with Crippen LogP contribution in [0.3, 0.4) is 0 Å². The fraction of sp³-hybridized carbons (Fsp3) is 0.304. The van der Waals surface area contributed by atoms with Crippen LogP contribution < -0.4 is 10.9 Å². The Morgan fingerprint density at radius 3 is 2.37 bits per heavy atom. The number of nitrogens with zero attached hydrogens (tertiary/aromatic N) is 1. The van der Waals surface area contributed by atoms with E-state index in [1.54, 1.807) is 10.8 Å². The quantitative estimate of drug-likeness (QED) is 0.562. The van der Waals surface area contributed by atoms with Gasteiger partial charge in [0.2, 0.25) is 0 Å². The summed E-state index contributed by atoms with van der Waals surface area (Å²) in [5, 5.41) is 4.90. The molecule has 4 heteroatoms. The van der Waals surface area contributed by atoms with Gasteiger partial charge in [-0.1, -0.05) is 31.2 Å². The zero-order valence-corrected chi connectivity index (χ0v) is 16.2. The molecule has 0 fully saturated rings. The monoisotopic (exact) mass is 360 g/mol. The fourth-order valence-corrected chi connectivity index (χ4v) is 3.99. The van der Waals surface area contributed by atoms with E-state index < -0.39 is 0 Å². The number of fused-ring (bicyclic) bond motifs is 2. The average Bonchev–Trinajstić information content (AvgIpc) is 2.66. The third-order valence-electron chi connectivity index (χ3n) is 5.40. The SMILES string of the molecule is CCCNc1cc2c3c(cn(C(C)C)c(=O)c3c1C)C(=O)c1ccccc1-2. The Morgan fingerprint density at radius 1 is 1.00 bits per heavy atom. The highest BCUT2D eigenvalue weighted by molar-refractivity contribution is 6.26. The predicted octanol–water partition coefficient (Wildman–Crippen LogP) is 4.92. The molecule has 0 saturated carbocycles. The normalized spacial score (nSPS) is 12.6. The molecule has 0 spiro atoms. The molecule has 1 aromatic heterocycles. The predicted molar refractivity (Wildman–Crippen MR) is 111 cm³/mol. The number of benzene rings is 2. The van der Waals surface area contributed by atoms with Crippen molar-refractivity contribution in [3.63, 3.8) is 0 Å². The second kappa shape index (κ2) is 6.38. The summed E-state index contributed by atoms with van der Waals surface area (Å²) in [6, 6.07) is 9.76. The van der Waals surface area contributed by atoms with Crippen LogP contribution in [0.1, 0.15) is 54.7 Å². The molecule has 0 amide bonds. The van der Waals surface area contributed by atoms with Crippen molar-refractivity contribution in [1.29, 1.82) is 0 Å². The Morgan fingerprint density at radius 2 is 1.70 bits per heavy atom. The van der Waals surface area contributed by atoms with Crippen molar-refractivity contribution in [2.75, 3.05) is 11.9 Å². The summed E-state index contributed by atoms with van der Waals surface area (Å²) in [7, 11) is 0. The number of aryl methyl sites for hydroxylation is 1. The van der Waals surface area contributed by atoms with Crippen molar-refractivity contribution in [2.45, 2.75) is 40.2 Å². The molecule has 27 heavy (non-hydrogen) atoms. The summed E-state index contributed by atoms with van der Waals surface area (Å²) in [5.74, 6) is -0.00818. The molecule has 138 valence electrons. The molecule has 4 rings (SSSR count). The van der Waals surface area contributed by atoms with Gasteiger partial charge >= 0.3 is 0 Å². The maximum Gasteiger partial charge on any atom is 0.259 e. The molecule has 1 aliphatic carbocycles. The second-order valence-electron chi connectivity index (χ2n) is 7.50. The first-order valence-electron chi connectivity index (χ1n) is 9.56. The number of nitrogens with one attached hydrogen (secondary N) is 1. The van der Waals surface area contributed by atoms with Crippen molar-refractivity contribution in [1.82, 2.24) is 4.57 Å². The van der Waals surface area contributed by atoms with Crippen LogP contribution >= 0.6 is 0 Å². The summed E-state index contributed by atoms with van der Waals surface area (Å²) in [4.78, 5) is 26.5. The number of anilines is 1. The highest BCUT2D eigenvalue weighted by Gasteiger charge is 2.29. The maximum atomic E-state index is 13.3. The first-order chi connectivity index (χ1) is 13.0. The van der Waals surface area contributed by atoms with Crippen molar-refractivity contribution in [2.24, 2.45) is 0 Å². The van der Waals surface area contributed by atoms with Crippen LogP contribution in [-0.4, -0.2) is 16.9 Å². The number of rotatable bonds is 4. The molecule has 0 bridgehead atoms. The highest BCUT2D eigenvalue weighted by atomic mass is 16.1. The number of carbonyl (C=O) groups is 1. The maximum absolute atomic E-state index is 13.3. The van der Waals surface area contributed by atoms with Gasteiger partial charge in [0.15, 0.2) is 5.78 Å². The number of aromatic nitrogens is 1. The minimum absolute atomic E-state index is 0.00818. The second-order valence-corrected chi connectivity index (χ2v) is 7.50. The van der Waals surface area contributed by atoms with Crippen LogP contribution in [-0.2, 0) is 0 Å². The third kappa shape index (κ3) is 2.51. The lowest BCUT2D eigenvalue weighted by Crippen LogP contribution is -2.26. The molecule has 3 aromatic rings. The topological polar surface area (TPSA) is 51.1 Å². The summed E-state index contributed by atoms with van der Waals surface area (Å²) < 4.78 is 1.68. The van der Waals surface area contributed by atoms with Crippen LogP contribution in [0.4, 0.5) is 5.69 Å². The summed E-state index contributed by atoms with van der Waals surface area (Å²) in [6.45, 7) is 8.86. The van der Waals surface area contributed by atoms with E-state index in [1.165, 1.54) is 0 Å². The van der Waals surface area contributed by atoms with E-state index in [9.17, 15) is 9.59 Å². The first kappa shape index (κ1) is 17.5. The van der Waals surface area contributed by atoms with Gasteiger partial charge in [0.05, 0.1) is 5.39 Å². The summed E-state index contributed by atoms with van der Waals surface area (Å²) >= 11 is 0. The number of hydrogen-bond donors (Lipinski definition) is 1. The van der Waals surface area contributed by atoms with Crippen LogP contribution in [0.25, 0.3) is 21.9 Å². The molecule has 0 saturated heterocycles. The van der Waals surface area contributed by atoms with Crippen molar-refractivity contribution in [3.8, 4) is 11.1 Å². The molecule has 0 atom stereocenters. The van der Waals surface area contributed by atoms with E-state index in [0.29, 0.717) is 16.5 Å². The van der Waals surface area contributed by atoms with Crippen molar-refractivity contribution in [3.05, 3.63) is 63.6 Å². The molecule has 1 N–H and O–H groups in total. The Kier molecular flexibility index (Phi) is 4.14. The van der Waals surface area contributed by atoms with Crippen LogP contribution in [0, 0.1) is 6.92 Å².